The summed E-state index contributed by atoms with van der Waals surface area (Å²) in [6, 6.07) is 64.6. The van der Waals surface area contributed by atoms with Gasteiger partial charge in [0.2, 0.25) is 0 Å². The van der Waals surface area contributed by atoms with Gasteiger partial charge in [-0.2, -0.15) is 0 Å². The van der Waals surface area contributed by atoms with Gasteiger partial charge in [0.25, 0.3) is 6.71 Å². The molecule has 0 unspecified atom stereocenters. The summed E-state index contributed by atoms with van der Waals surface area (Å²) in [7, 11) is 0. The molecule has 8 aromatic rings. The molecular weight excluding hydrogens is 784 g/mol. The van der Waals surface area contributed by atoms with Gasteiger partial charge in [-0.15, -0.1) is 0 Å². The fourth-order valence-corrected chi connectivity index (χ4v) is 11.3. The van der Waals surface area contributed by atoms with Gasteiger partial charge in [-0.3, -0.25) is 0 Å². The highest BCUT2D eigenvalue weighted by atomic mass is 15.2. The molecule has 1 aliphatic carbocycles. The molecule has 3 aliphatic rings. The van der Waals surface area contributed by atoms with Gasteiger partial charge in [-0.1, -0.05) is 170 Å². The van der Waals surface area contributed by atoms with Gasteiger partial charge in [0.05, 0.1) is 5.69 Å². The van der Waals surface area contributed by atoms with Crippen molar-refractivity contribution in [3.05, 3.63) is 198 Å². The van der Waals surface area contributed by atoms with Crippen LogP contribution < -0.4 is 26.2 Å². The molecule has 0 saturated heterocycles. The smallest absolute Gasteiger partial charge is 0.252 e. The van der Waals surface area contributed by atoms with Crippen LogP contribution in [0.25, 0.3) is 33.4 Å². The summed E-state index contributed by atoms with van der Waals surface area (Å²) < 4.78 is 0. The highest BCUT2D eigenvalue weighted by Crippen LogP contribution is 2.52. The molecule has 2 aliphatic heterocycles. The predicted molar refractivity (Wildman–Crippen MR) is 280 cm³/mol. The van der Waals surface area contributed by atoms with Crippen molar-refractivity contribution in [2.45, 2.75) is 91.4 Å². The van der Waals surface area contributed by atoms with E-state index in [9.17, 15) is 0 Å². The van der Waals surface area contributed by atoms with E-state index < -0.39 is 0 Å². The molecule has 0 amide bonds. The van der Waals surface area contributed by atoms with E-state index in [1.54, 1.807) is 0 Å². The van der Waals surface area contributed by atoms with Gasteiger partial charge in [-0.05, 0) is 163 Å². The molecule has 320 valence electrons. The molecule has 0 bridgehead atoms. The van der Waals surface area contributed by atoms with E-state index in [1.807, 2.05) is 0 Å². The molecule has 11 rings (SSSR count). The van der Waals surface area contributed by atoms with Crippen LogP contribution in [-0.2, 0) is 16.2 Å². The average Bonchev–Trinajstić information content (AvgIpc) is 3.30. The van der Waals surface area contributed by atoms with E-state index >= 15 is 0 Å². The van der Waals surface area contributed by atoms with Gasteiger partial charge in [0.15, 0.2) is 0 Å². The van der Waals surface area contributed by atoms with Crippen molar-refractivity contribution in [1.82, 2.24) is 0 Å². The fourth-order valence-electron chi connectivity index (χ4n) is 11.3. The molecule has 3 heteroatoms. The van der Waals surface area contributed by atoms with Crippen LogP contribution in [0.5, 0.6) is 0 Å². The van der Waals surface area contributed by atoms with E-state index in [-0.39, 0.29) is 23.0 Å². The van der Waals surface area contributed by atoms with Crippen molar-refractivity contribution in [2.24, 2.45) is 0 Å². The average molecular weight is 843 g/mol. The Morgan fingerprint density at radius 3 is 1.49 bits per heavy atom. The highest BCUT2D eigenvalue weighted by Gasteiger charge is 2.47. The Morgan fingerprint density at radius 1 is 0.431 bits per heavy atom. The van der Waals surface area contributed by atoms with Gasteiger partial charge in [0, 0.05) is 34.0 Å². The van der Waals surface area contributed by atoms with Crippen LogP contribution in [0.4, 0.5) is 34.1 Å². The zero-order valence-electron chi connectivity index (χ0n) is 39.6. The number of aryl methyl sites for hydroxylation is 2. The molecule has 2 nitrogen and oxygen atoms in total. The van der Waals surface area contributed by atoms with Gasteiger partial charge < -0.3 is 9.80 Å². The van der Waals surface area contributed by atoms with Crippen LogP contribution in [0.2, 0.25) is 0 Å². The Balaban J connectivity index is 1.25. The monoisotopic (exact) mass is 842 g/mol. The van der Waals surface area contributed by atoms with Crippen molar-refractivity contribution in [3.8, 4) is 33.4 Å². The largest absolute Gasteiger partial charge is 0.311 e. The summed E-state index contributed by atoms with van der Waals surface area (Å²) >= 11 is 0. The van der Waals surface area contributed by atoms with Crippen LogP contribution in [0.15, 0.2) is 170 Å². The number of benzene rings is 8. The molecule has 0 aromatic heterocycles. The summed E-state index contributed by atoms with van der Waals surface area (Å²) in [5.74, 6) is 0. The quantitative estimate of drug-likeness (QED) is 0.159. The predicted octanol–water partition coefficient (Wildman–Crippen LogP) is 15.0. The number of hydrogen-bond donors (Lipinski definition) is 0. The van der Waals surface area contributed by atoms with E-state index in [4.69, 9.17) is 0 Å². The second kappa shape index (κ2) is 15.0. The van der Waals surface area contributed by atoms with E-state index in [1.165, 1.54) is 112 Å². The number of nitrogens with zero attached hydrogens (tertiary/aromatic N) is 2. The van der Waals surface area contributed by atoms with Crippen molar-refractivity contribution < 1.29 is 0 Å². The van der Waals surface area contributed by atoms with Crippen LogP contribution in [0.1, 0.15) is 89.1 Å². The van der Waals surface area contributed by atoms with Crippen LogP contribution in [0, 0.1) is 13.8 Å². The first-order valence-electron chi connectivity index (χ1n) is 23.7. The number of hydrogen-bond acceptors (Lipinski definition) is 2. The lowest BCUT2D eigenvalue weighted by Crippen LogP contribution is -2.62. The molecule has 0 radical (unpaired) electrons. The van der Waals surface area contributed by atoms with E-state index in [0.29, 0.717) is 0 Å². The molecule has 65 heavy (non-hydrogen) atoms. The standard InChI is InChI=1S/C62H59BN2/c1-40-33-57-59-58(34-40)65(54-30-27-47(60(3,4)5)37-48(54)44-23-17-12-18-24-44)55-29-26-46(43-21-15-11-16-22-43)36-51(55)63(59)52-38-49-50(62(8,9)32-31-61(49,6)7)39-56(52)64(57)53-28-25-45(35-41(53)2)42-19-13-10-14-20-42/h10-30,33-39H,31-32H2,1-9H3. The number of rotatable bonds is 5. The van der Waals surface area contributed by atoms with E-state index in [0.717, 1.165) is 12.8 Å². The third-order valence-corrected chi connectivity index (χ3v) is 15.0. The van der Waals surface area contributed by atoms with E-state index in [2.05, 4.69) is 242 Å². The maximum absolute atomic E-state index is 2.66. The molecule has 2 heterocycles. The summed E-state index contributed by atoms with van der Waals surface area (Å²) in [6.07, 6.45) is 2.33. The van der Waals surface area contributed by atoms with Crippen molar-refractivity contribution in [3.63, 3.8) is 0 Å². The fraction of sp³-hybridized carbons (Fsp3) is 0.226. The third kappa shape index (κ3) is 6.77. The normalized spacial score (nSPS) is 15.5. The maximum Gasteiger partial charge on any atom is 0.252 e. The lowest BCUT2D eigenvalue weighted by atomic mass is 9.33. The Morgan fingerprint density at radius 2 is 0.923 bits per heavy atom. The topological polar surface area (TPSA) is 6.48 Å². The minimum atomic E-state index is -0.0142. The molecule has 0 saturated carbocycles. The first kappa shape index (κ1) is 41.2. The lowest BCUT2D eigenvalue weighted by Gasteiger charge is -2.48. The van der Waals surface area contributed by atoms with Crippen molar-refractivity contribution in [1.29, 1.82) is 0 Å². The summed E-state index contributed by atoms with van der Waals surface area (Å²) in [6.45, 7) is 21.4. The first-order valence-corrected chi connectivity index (χ1v) is 23.7. The molecule has 0 N–H and O–H groups in total. The van der Waals surface area contributed by atoms with Crippen LogP contribution >= 0.6 is 0 Å². The Kier molecular flexibility index (Phi) is 9.49. The molecule has 8 aromatic carbocycles. The lowest BCUT2D eigenvalue weighted by molar-refractivity contribution is 0.332. The third-order valence-electron chi connectivity index (χ3n) is 15.0. The van der Waals surface area contributed by atoms with Crippen LogP contribution in [-0.4, -0.2) is 6.71 Å². The second-order valence-electron chi connectivity index (χ2n) is 21.4. The minimum Gasteiger partial charge on any atom is -0.311 e. The second-order valence-corrected chi connectivity index (χ2v) is 21.4. The first-order chi connectivity index (χ1) is 31.2. The molecule has 0 atom stereocenters. The molecular formula is C62H59BN2. The molecule has 0 spiro atoms. The zero-order valence-corrected chi connectivity index (χ0v) is 39.6. The zero-order chi connectivity index (χ0) is 45.0. The minimum absolute atomic E-state index is 0.00539. The van der Waals surface area contributed by atoms with Crippen molar-refractivity contribution >= 4 is 57.2 Å². The van der Waals surface area contributed by atoms with Crippen molar-refractivity contribution in [2.75, 3.05) is 9.80 Å². The summed E-state index contributed by atoms with van der Waals surface area (Å²) in [5.41, 5.74) is 25.8. The molecule has 0 fully saturated rings. The SMILES string of the molecule is Cc1cc2c3c(c1)N(c1ccc(C(C)(C)C)cc1-c1ccccc1)c1ccc(-c4ccccc4)cc1B3c1cc3c(cc1N2c1ccc(-c2ccccc2)cc1C)C(C)(C)CCC3(C)C. The Labute approximate surface area is 387 Å². The number of fused-ring (bicyclic) bond motifs is 5. The highest BCUT2D eigenvalue weighted by molar-refractivity contribution is 7.00. The van der Waals surface area contributed by atoms with Crippen LogP contribution in [0.3, 0.4) is 0 Å². The Hall–Kier alpha value is -6.58. The summed E-state index contributed by atoms with van der Waals surface area (Å²) in [5, 5.41) is 0. The maximum atomic E-state index is 2.66. The summed E-state index contributed by atoms with van der Waals surface area (Å²) in [4.78, 5) is 5.26. The van der Waals surface area contributed by atoms with Gasteiger partial charge >= 0.3 is 0 Å². The number of anilines is 6. The van der Waals surface area contributed by atoms with Gasteiger partial charge in [-0.25, -0.2) is 0 Å². The Bertz CT molecular complexity index is 3160. The van der Waals surface area contributed by atoms with Gasteiger partial charge in [0.1, 0.15) is 0 Å².